The molecule has 2 rings (SSSR count). The number of fused-ring (bicyclic) bond motifs is 1. The number of hydrogen-bond acceptors (Lipinski definition) is 1. The van der Waals surface area contributed by atoms with E-state index in [0.717, 1.165) is 23.8 Å². The zero-order chi connectivity index (χ0) is 8.55. The van der Waals surface area contributed by atoms with Crippen molar-refractivity contribution in [2.75, 3.05) is 6.54 Å². The monoisotopic (exact) mass is 165 g/mol. The van der Waals surface area contributed by atoms with Gasteiger partial charge in [-0.3, -0.25) is 0 Å². The topological polar surface area (TPSA) is 12.0 Å². The normalized spacial score (nSPS) is 38.4. The second kappa shape index (κ2) is 3.21. The zero-order valence-electron chi connectivity index (χ0n) is 8.09. The first kappa shape index (κ1) is 8.31. The summed E-state index contributed by atoms with van der Waals surface area (Å²) in [5, 5.41) is 3.65. The molecule has 1 nitrogen and oxygen atoms in total. The largest absolute Gasteiger partial charge is 0.313 e. The predicted octanol–water partition coefficient (Wildman–Crippen LogP) is 2.20. The Labute approximate surface area is 75.2 Å². The van der Waals surface area contributed by atoms with Gasteiger partial charge >= 0.3 is 0 Å². The van der Waals surface area contributed by atoms with Gasteiger partial charge < -0.3 is 5.32 Å². The molecule has 0 aromatic rings. The molecule has 1 fully saturated rings. The molecule has 0 amide bonds. The van der Waals surface area contributed by atoms with Gasteiger partial charge in [-0.15, -0.1) is 0 Å². The number of nitrogens with one attached hydrogen (secondary N) is 1. The van der Waals surface area contributed by atoms with Crippen LogP contribution in [0.3, 0.4) is 0 Å². The molecule has 0 radical (unpaired) electrons. The summed E-state index contributed by atoms with van der Waals surface area (Å²) in [7, 11) is 0. The first-order valence-electron chi connectivity index (χ1n) is 5.17. The minimum atomic E-state index is 0.790. The lowest BCUT2D eigenvalue weighted by Gasteiger charge is -2.41. The van der Waals surface area contributed by atoms with Crippen LogP contribution in [0.5, 0.6) is 0 Å². The molecule has 0 spiro atoms. The fourth-order valence-corrected chi connectivity index (χ4v) is 2.34. The highest BCUT2D eigenvalue weighted by atomic mass is 14.9. The molecule has 3 atom stereocenters. The fourth-order valence-electron chi connectivity index (χ4n) is 2.34. The second-order valence-electron chi connectivity index (χ2n) is 4.64. The highest BCUT2D eigenvalue weighted by molar-refractivity contribution is 5.12. The summed E-state index contributed by atoms with van der Waals surface area (Å²) in [6.07, 6.45) is 7.46. The van der Waals surface area contributed by atoms with Gasteiger partial charge in [0.1, 0.15) is 0 Å². The quantitative estimate of drug-likeness (QED) is 0.632. The summed E-state index contributed by atoms with van der Waals surface area (Å²) >= 11 is 0. The summed E-state index contributed by atoms with van der Waals surface area (Å²) in [6.45, 7) is 5.74. The molecule has 2 aliphatic carbocycles. The first-order valence-corrected chi connectivity index (χ1v) is 5.17. The van der Waals surface area contributed by atoms with Gasteiger partial charge in [0.25, 0.3) is 0 Å². The fraction of sp³-hybridized carbons (Fsp3) is 0.818. The van der Waals surface area contributed by atoms with Crippen LogP contribution in [0, 0.1) is 17.8 Å². The van der Waals surface area contributed by atoms with E-state index < -0.39 is 0 Å². The maximum atomic E-state index is 3.65. The maximum Gasteiger partial charge on any atom is 0.0110 e. The van der Waals surface area contributed by atoms with Crippen LogP contribution < -0.4 is 5.32 Å². The van der Waals surface area contributed by atoms with Gasteiger partial charge in [0, 0.05) is 6.04 Å². The summed E-state index contributed by atoms with van der Waals surface area (Å²) in [5.41, 5.74) is 0. The van der Waals surface area contributed by atoms with Gasteiger partial charge in [-0.1, -0.05) is 26.0 Å². The number of allylic oxidation sites excluding steroid dienone is 2. The third-order valence-corrected chi connectivity index (χ3v) is 3.17. The van der Waals surface area contributed by atoms with Crippen LogP contribution in [0.2, 0.25) is 0 Å². The molecule has 1 N–H and O–H groups in total. The molecule has 0 heterocycles. The van der Waals surface area contributed by atoms with Crippen LogP contribution in [-0.2, 0) is 0 Å². The van der Waals surface area contributed by atoms with Crippen LogP contribution in [0.25, 0.3) is 0 Å². The molecule has 2 aliphatic rings. The molecule has 0 bridgehead atoms. The second-order valence-corrected chi connectivity index (χ2v) is 4.64. The molecule has 0 saturated heterocycles. The van der Waals surface area contributed by atoms with Gasteiger partial charge in [-0.05, 0) is 37.1 Å². The van der Waals surface area contributed by atoms with E-state index in [4.69, 9.17) is 0 Å². The SMILES string of the molecule is CC(C)CNC1CC2C=CCC21. The number of hydrogen-bond donors (Lipinski definition) is 1. The Morgan fingerprint density at radius 1 is 1.50 bits per heavy atom. The summed E-state index contributed by atoms with van der Waals surface area (Å²) in [4.78, 5) is 0. The molecule has 68 valence electrons. The number of rotatable bonds is 3. The van der Waals surface area contributed by atoms with Crippen LogP contribution in [0.1, 0.15) is 26.7 Å². The van der Waals surface area contributed by atoms with Crippen LogP contribution >= 0.6 is 0 Å². The van der Waals surface area contributed by atoms with Gasteiger partial charge in [0.2, 0.25) is 0 Å². The predicted molar refractivity (Wildman–Crippen MR) is 52.0 cm³/mol. The molecule has 3 unspecified atom stereocenters. The molecule has 1 heteroatoms. The van der Waals surface area contributed by atoms with Crippen molar-refractivity contribution in [1.29, 1.82) is 0 Å². The minimum Gasteiger partial charge on any atom is -0.313 e. The third kappa shape index (κ3) is 1.42. The summed E-state index contributed by atoms with van der Waals surface area (Å²) in [6, 6.07) is 0.826. The van der Waals surface area contributed by atoms with Crippen molar-refractivity contribution in [2.24, 2.45) is 17.8 Å². The highest BCUT2D eigenvalue weighted by Gasteiger charge is 2.40. The molecule has 0 aromatic heterocycles. The standard InChI is InChI=1S/C11H19N/c1-8(2)7-12-11-6-9-4-3-5-10(9)11/h3-4,8-12H,5-7H2,1-2H3. The molecule has 1 saturated carbocycles. The van der Waals surface area contributed by atoms with E-state index in [9.17, 15) is 0 Å². The average Bonchev–Trinajstić information content (AvgIpc) is 2.32. The van der Waals surface area contributed by atoms with E-state index >= 15 is 0 Å². The van der Waals surface area contributed by atoms with Crippen LogP contribution in [0.15, 0.2) is 12.2 Å². The van der Waals surface area contributed by atoms with Gasteiger partial charge in [-0.2, -0.15) is 0 Å². The van der Waals surface area contributed by atoms with Crippen molar-refractivity contribution < 1.29 is 0 Å². The Morgan fingerprint density at radius 3 is 3.00 bits per heavy atom. The van der Waals surface area contributed by atoms with E-state index in [1.54, 1.807) is 0 Å². The van der Waals surface area contributed by atoms with Crippen LogP contribution in [0.4, 0.5) is 0 Å². The van der Waals surface area contributed by atoms with E-state index in [1.807, 2.05) is 0 Å². The summed E-state index contributed by atoms with van der Waals surface area (Å²) in [5.74, 6) is 2.66. The zero-order valence-corrected chi connectivity index (χ0v) is 8.09. The first-order chi connectivity index (χ1) is 5.77. The van der Waals surface area contributed by atoms with Gasteiger partial charge in [-0.25, -0.2) is 0 Å². The van der Waals surface area contributed by atoms with Gasteiger partial charge in [0.15, 0.2) is 0 Å². The molecular weight excluding hydrogens is 146 g/mol. The van der Waals surface area contributed by atoms with E-state index in [-0.39, 0.29) is 0 Å². The Hall–Kier alpha value is -0.300. The van der Waals surface area contributed by atoms with E-state index in [0.29, 0.717) is 0 Å². The van der Waals surface area contributed by atoms with Crippen molar-refractivity contribution in [3.8, 4) is 0 Å². The van der Waals surface area contributed by atoms with E-state index in [1.165, 1.54) is 19.4 Å². The summed E-state index contributed by atoms with van der Waals surface area (Å²) < 4.78 is 0. The highest BCUT2D eigenvalue weighted by Crippen LogP contribution is 2.42. The van der Waals surface area contributed by atoms with Gasteiger partial charge in [0.05, 0.1) is 0 Å². The maximum absolute atomic E-state index is 3.65. The van der Waals surface area contributed by atoms with Crippen molar-refractivity contribution in [3.05, 3.63) is 12.2 Å². The molecule has 12 heavy (non-hydrogen) atoms. The Kier molecular flexibility index (Phi) is 2.22. The lowest BCUT2D eigenvalue weighted by atomic mass is 9.71. The third-order valence-electron chi connectivity index (χ3n) is 3.17. The Balaban J connectivity index is 1.72. The van der Waals surface area contributed by atoms with Crippen molar-refractivity contribution in [3.63, 3.8) is 0 Å². The average molecular weight is 165 g/mol. The Bertz CT molecular complexity index is 183. The molecule has 0 aromatic carbocycles. The Morgan fingerprint density at radius 2 is 2.33 bits per heavy atom. The van der Waals surface area contributed by atoms with Crippen molar-refractivity contribution >= 4 is 0 Å². The molecular formula is C11H19N. The van der Waals surface area contributed by atoms with Crippen molar-refractivity contribution in [2.45, 2.75) is 32.7 Å². The smallest absolute Gasteiger partial charge is 0.0110 e. The van der Waals surface area contributed by atoms with Crippen LogP contribution in [-0.4, -0.2) is 12.6 Å². The molecule has 0 aliphatic heterocycles. The lowest BCUT2D eigenvalue weighted by Crippen LogP contribution is -2.49. The van der Waals surface area contributed by atoms with E-state index in [2.05, 4.69) is 31.3 Å². The van der Waals surface area contributed by atoms with Crippen molar-refractivity contribution in [1.82, 2.24) is 5.32 Å². The lowest BCUT2D eigenvalue weighted by molar-refractivity contribution is 0.156. The minimum absolute atomic E-state index is 0.790.